The van der Waals surface area contributed by atoms with Crippen LogP contribution in [0.25, 0.3) is 10.1 Å². The lowest BCUT2D eigenvalue weighted by Crippen LogP contribution is -1.96. The molecular formula is C11H9ClO2S. The Morgan fingerprint density at radius 1 is 1.47 bits per heavy atom. The zero-order valence-corrected chi connectivity index (χ0v) is 9.91. The summed E-state index contributed by atoms with van der Waals surface area (Å²) in [5, 5.41) is 1.63. The van der Waals surface area contributed by atoms with Crippen molar-refractivity contribution >= 4 is 39.0 Å². The van der Waals surface area contributed by atoms with E-state index >= 15 is 0 Å². The monoisotopic (exact) mass is 240 g/mol. The summed E-state index contributed by atoms with van der Waals surface area (Å²) in [5.74, 6) is -0.315. The van der Waals surface area contributed by atoms with Crippen molar-refractivity contribution in [2.24, 2.45) is 0 Å². The molecule has 2 aromatic rings. The molecule has 0 N–H and O–H groups in total. The van der Waals surface area contributed by atoms with Gasteiger partial charge in [0.2, 0.25) is 0 Å². The van der Waals surface area contributed by atoms with Crippen LogP contribution in [0.1, 0.15) is 15.2 Å². The third-order valence-electron chi connectivity index (χ3n) is 2.21. The minimum Gasteiger partial charge on any atom is -0.465 e. The van der Waals surface area contributed by atoms with Crippen LogP contribution in [0.3, 0.4) is 0 Å². The van der Waals surface area contributed by atoms with E-state index in [4.69, 9.17) is 11.6 Å². The first kappa shape index (κ1) is 10.5. The van der Waals surface area contributed by atoms with Gasteiger partial charge in [-0.05, 0) is 24.6 Å². The van der Waals surface area contributed by atoms with Crippen molar-refractivity contribution in [3.63, 3.8) is 0 Å². The molecule has 0 fully saturated rings. The van der Waals surface area contributed by atoms with E-state index in [0.29, 0.717) is 9.90 Å². The summed E-state index contributed by atoms with van der Waals surface area (Å²) >= 11 is 7.54. The molecule has 78 valence electrons. The molecule has 15 heavy (non-hydrogen) atoms. The Labute approximate surface area is 96.4 Å². The van der Waals surface area contributed by atoms with E-state index in [9.17, 15) is 4.79 Å². The topological polar surface area (TPSA) is 26.3 Å². The molecule has 2 rings (SSSR count). The molecule has 1 aromatic heterocycles. The summed E-state index contributed by atoms with van der Waals surface area (Å²) in [6.07, 6.45) is 0. The number of fused-ring (bicyclic) bond motifs is 1. The van der Waals surface area contributed by atoms with Crippen LogP contribution in [0.15, 0.2) is 18.2 Å². The van der Waals surface area contributed by atoms with Gasteiger partial charge >= 0.3 is 5.97 Å². The fraction of sp³-hybridized carbons (Fsp3) is 0.182. The number of thiophene rings is 1. The predicted octanol–water partition coefficient (Wildman–Crippen LogP) is 3.65. The number of benzene rings is 1. The number of methoxy groups -OCH3 is 1. The third-order valence-corrected chi connectivity index (χ3v) is 3.80. The van der Waals surface area contributed by atoms with Crippen LogP contribution in [0.5, 0.6) is 0 Å². The highest BCUT2D eigenvalue weighted by Crippen LogP contribution is 2.33. The van der Waals surface area contributed by atoms with Crippen LogP contribution in [0, 0.1) is 6.92 Å². The highest BCUT2D eigenvalue weighted by molar-refractivity contribution is 7.20. The third kappa shape index (κ3) is 1.73. The van der Waals surface area contributed by atoms with Crippen LogP contribution >= 0.6 is 22.9 Å². The number of carbonyl (C=O) groups is 1. The Bertz CT molecular complexity index is 531. The number of esters is 1. The largest absolute Gasteiger partial charge is 0.465 e. The van der Waals surface area contributed by atoms with Crippen LogP contribution in [0.4, 0.5) is 0 Å². The summed E-state index contributed by atoms with van der Waals surface area (Å²) in [5.41, 5.74) is 1.01. The summed E-state index contributed by atoms with van der Waals surface area (Å²) in [6.45, 7) is 1.94. The molecule has 0 saturated heterocycles. The number of hydrogen-bond acceptors (Lipinski definition) is 3. The maximum Gasteiger partial charge on any atom is 0.348 e. The highest BCUT2D eigenvalue weighted by atomic mass is 35.5. The smallest absolute Gasteiger partial charge is 0.348 e. The summed E-state index contributed by atoms with van der Waals surface area (Å²) in [7, 11) is 1.37. The van der Waals surface area contributed by atoms with Crippen molar-refractivity contribution in [1.29, 1.82) is 0 Å². The van der Waals surface area contributed by atoms with Crippen molar-refractivity contribution in [2.75, 3.05) is 7.11 Å². The van der Waals surface area contributed by atoms with E-state index in [1.54, 1.807) is 6.07 Å². The molecule has 0 aliphatic rings. The highest BCUT2D eigenvalue weighted by Gasteiger charge is 2.12. The lowest BCUT2D eigenvalue weighted by molar-refractivity contribution is 0.0606. The van der Waals surface area contributed by atoms with E-state index in [-0.39, 0.29) is 5.97 Å². The zero-order valence-electron chi connectivity index (χ0n) is 8.33. The van der Waals surface area contributed by atoms with E-state index in [0.717, 1.165) is 15.6 Å². The molecule has 0 bridgehead atoms. The van der Waals surface area contributed by atoms with E-state index < -0.39 is 0 Å². The van der Waals surface area contributed by atoms with Crippen molar-refractivity contribution in [3.8, 4) is 0 Å². The van der Waals surface area contributed by atoms with Crippen molar-refractivity contribution in [2.45, 2.75) is 6.92 Å². The molecule has 0 saturated carbocycles. The average molecular weight is 241 g/mol. The fourth-order valence-corrected chi connectivity index (χ4v) is 2.65. The maximum atomic E-state index is 11.3. The van der Waals surface area contributed by atoms with Crippen molar-refractivity contribution in [3.05, 3.63) is 33.7 Å². The number of ether oxygens (including phenoxy) is 1. The van der Waals surface area contributed by atoms with Gasteiger partial charge in [0.05, 0.1) is 12.1 Å². The SMILES string of the molecule is COC(=O)c1cc2c(Cl)c(C)ccc2s1. The number of aryl methyl sites for hydroxylation is 1. The molecule has 2 nitrogen and oxygen atoms in total. The molecule has 0 radical (unpaired) electrons. The fourth-order valence-electron chi connectivity index (χ4n) is 1.39. The first-order valence-electron chi connectivity index (χ1n) is 4.40. The Hall–Kier alpha value is -1.06. The number of hydrogen-bond donors (Lipinski definition) is 0. The minimum atomic E-state index is -0.315. The summed E-state index contributed by atoms with van der Waals surface area (Å²) in [6, 6.07) is 5.69. The first-order chi connectivity index (χ1) is 7.13. The van der Waals surface area contributed by atoms with E-state index in [1.165, 1.54) is 18.4 Å². The van der Waals surface area contributed by atoms with Gasteiger partial charge in [-0.1, -0.05) is 17.7 Å². The minimum absolute atomic E-state index is 0.315. The second-order valence-electron chi connectivity index (χ2n) is 3.21. The van der Waals surface area contributed by atoms with E-state index in [2.05, 4.69) is 4.74 Å². The Kier molecular flexibility index (Phi) is 2.67. The molecule has 0 aliphatic heterocycles. The van der Waals surface area contributed by atoms with Gasteiger partial charge in [0.1, 0.15) is 4.88 Å². The molecule has 0 spiro atoms. The van der Waals surface area contributed by atoms with Crippen LogP contribution in [-0.4, -0.2) is 13.1 Å². The van der Waals surface area contributed by atoms with Crippen molar-refractivity contribution in [1.82, 2.24) is 0 Å². The lowest BCUT2D eigenvalue weighted by Gasteiger charge is -1.96. The Morgan fingerprint density at radius 3 is 2.87 bits per heavy atom. The predicted molar refractivity (Wildman–Crippen MR) is 62.9 cm³/mol. The number of carbonyl (C=O) groups excluding carboxylic acids is 1. The van der Waals surface area contributed by atoms with Gasteiger partial charge in [-0.2, -0.15) is 0 Å². The molecule has 4 heteroatoms. The first-order valence-corrected chi connectivity index (χ1v) is 5.60. The Balaban J connectivity index is 2.66. The summed E-state index contributed by atoms with van der Waals surface area (Å²) in [4.78, 5) is 11.9. The van der Waals surface area contributed by atoms with Crippen LogP contribution in [-0.2, 0) is 4.74 Å². The standard InChI is InChI=1S/C11H9ClO2S/c1-6-3-4-8-7(10(6)12)5-9(15-8)11(13)14-2/h3-5H,1-2H3. The second-order valence-corrected chi connectivity index (χ2v) is 4.67. The molecule has 0 atom stereocenters. The molecule has 0 aliphatic carbocycles. The van der Waals surface area contributed by atoms with Gasteiger partial charge in [-0.15, -0.1) is 11.3 Å². The summed E-state index contributed by atoms with van der Waals surface area (Å²) < 4.78 is 5.67. The molecule has 1 aromatic carbocycles. The average Bonchev–Trinajstić information content (AvgIpc) is 2.67. The Morgan fingerprint density at radius 2 is 2.20 bits per heavy atom. The molecule has 1 heterocycles. The van der Waals surface area contributed by atoms with Gasteiger partial charge in [0, 0.05) is 10.1 Å². The van der Waals surface area contributed by atoms with Gasteiger partial charge in [-0.3, -0.25) is 0 Å². The van der Waals surface area contributed by atoms with Gasteiger partial charge in [0.25, 0.3) is 0 Å². The van der Waals surface area contributed by atoms with Gasteiger partial charge in [0.15, 0.2) is 0 Å². The number of rotatable bonds is 1. The van der Waals surface area contributed by atoms with Gasteiger partial charge in [-0.25, -0.2) is 4.79 Å². The zero-order chi connectivity index (χ0) is 11.0. The van der Waals surface area contributed by atoms with Gasteiger partial charge < -0.3 is 4.74 Å². The quantitative estimate of drug-likeness (QED) is 0.712. The molecular weight excluding hydrogens is 232 g/mol. The maximum absolute atomic E-state index is 11.3. The second kappa shape index (κ2) is 3.83. The normalized spacial score (nSPS) is 10.6. The van der Waals surface area contributed by atoms with Crippen molar-refractivity contribution < 1.29 is 9.53 Å². The lowest BCUT2D eigenvalue weighted by atomic mass is 10.2. The van der Waals surface area contributed by atoms with E-state index in [1.807, 2.05) is 19.1 Å². The van der Waals surface area contributed by atoms with Crippen LogP contribution < -0.4 is 0 Å². The number of halogens is 1. The molecule has 0 amide bonds. The molecule has 0 unspecified atom stereocenters. The van der Waals surface area contributed by atoms with Crippen LogP contribution in [0.2, 0.25) is 5.02 Å².